The summed E-state index contributed by atoms with van der Waals surface area (Å²) in [4.78, 5) is 33.3. The molecule has 1 N–H and O–H groups in total. The fraction of sp³-hybridized carbons (Fsp3) is 0.632. The molecule has 25 heavy (non-hydrogen) atoms. The molecule has 3 rings (SSSR count). The maximum absolute atomic E-state index is 12.6. The number of hydrogen-bond donors (Lipinski definition) is 1. The van der Waals surface area contributed by atoms with E-state index in [0.717, 1.165) is 31.6 Å². The smallest absolute Gasteiger partial charge is 0.248 e. The van der Waals surface area contributed by atoms with Gasteiger partial charge in [0.15, 0.2) is 0 Å². The molecule has 1 atom stereocenters. The summed E-state index contributed by atoms with van der Waals surface area (Å²) in [5.74, 6) is 0.376. The van der Waals surface area contributed by atoms with Gasteiger partial charge in [0, 0.05) is 25.6 Å². The van der Waals surface area contributed by atoms with Crippen molar-refractivity contribution in [3.8, 4) is 0 Å². The zero-order chi connectivity index (χ0) is 17.8. The van der Waals surface area contributed by atoms with Crippen LogP contribution < -0.4 is 10.2 Å². The Morgan fingerprint density at radius 1 is 1.12 bits per heavy atom. The Balaban J connectivity index is 1.61. The fourth-order valence-corrected chi connectivity index (χ4v) is 3.64. The predicted octanol–water partition coefficient (Wildman–Crippen LogP) is 2.66. The van der Waals surface area contributed by atoms with Gasteiger partial charge >= 0.3 is 0 Å². The first kappa shape index (κ1) is 17.7. The van der Waals surface area contributed by atoms with E-state index in [1.807, 2.05) is 32.2 Å². The number of carbonyl (C=O) groups is 2. The Morgan fingerprint density at radius 3 is 2.52 bits per heavy atom. The zero-order valence-corrected chi connectivity index (χ0v) is 15.2. The van der Waals surface area contributed by atoms with Crippen molar-refractivity contribution in [1.82, 2.24) is 9.88 Å². The molecule has 3 heterocycles. The van der Waals surface area contributed by atoms with E-state index in [0.29, 0.717) is 12.4 Å². The molecule has 0 saturated carbocycles. The number of likely N-dealkylation sites (tertiary alicyclic amines) is 1. The lowest BCUT2D eigenvalue weighted by atomic mass is 10.1. The Kier molecular flexibility index (Phi) is 5.56. The second kappa shape index (κ2) is 7.85. The van der Waals surface area contributed by atoms with Gasteiger partial charge in [-0.15, -0.1) is 0 Å². The second-order valence-electron chi connectivity index (χ2n) is 7.28. The molecule has 2 fully saturated rings. The lowest BCUT2D eigenvalue weighted by Crippen LogP contribution is -2.44. The van der Waals surface area contributed by atoms with Gasteiger partial charge in [-0.3, -0.25) is 9.59 Å². The molecule has 0 unspecified atom stereocenters. The third-order valence-corrected chi connectivity index (χ3v) is 5.05. The average molecular weight is 344 g/mol. The molecule has 2 amide bonds. The van der Waals surface area contributed by atoms with Gasteiger partial charge < -0.3 is 15.1 Å². The van der Waals surface area contributed by atoms with Gasteiger partial charge in [0.05, 0.1) is 11.9 Å². The monoisotopic (exact) mass is 344 g/mol. The number of nitrogens with zero attached hydrogens (tertiary/aromatic N) is 3. The van der Waals surface area contributed by atoms with Gasteiger partial charge in [-0.05, 0) is 44.2 Å². The van der Waals surface area contributed by atoms with Crippen LogP contribution >= 0.6 is 0 Å². The molecule has 0 aliphatic carbocycles. The van der Waals surface area contributed by atoms with Crippen LogP contribution in [-0.2, 0) is 9.59 Å². The Morgan fingerprint density at radius 2 is 1.88 bits per heavy atom. The highest BCUT2D eigenvalue weighted by atomic mass is 16.2. The third-order valence-electron chi connectivity index (χ3n) is 5.05. The predicted molar refractivity (Wildman–Crippen MR) is 98.5 cm³/mol. The molecule has 2 aliphatic heterocycles. The summed E-state index contributed by atoms with van der Waals surface area (Å²) in [6.45, 7) is 6.55. The highest BCUT2D eigenvalue weighted by Crippen LogP contribution is 2.23. The van der Waals surface area contributed by atoms with Crippen LogP contribution in [0.5, 0.6) is 0 Å². The molecule has 0 spiro atoms. The van der Waals surface area contributed by atoms with E-state index in [9.17, 15) is 9.59 Å². The molecule has 136 valence electrons. The number of nitrogens with one attached hydrogen (secondary N) is 1. The quantitative estimate of drug-likeness (QED) is 0.912. The van der Waals surface area contributed by atoms with Crippen LogP contribution in [0.4, 0.5) is 11.5 Å². The summed E-state index contributed by atoms with van der Waals surface area (Å²) in [5.41, 5.74) is 1.11. The number of piperidine rings is 1. The summed E-state index contributed by atoms with van der Waals surface area (Å²) in [6, 6.07) is 3.49. The van der Waals surface area contributed by atoms with Gasteiger partial charge in [-0.2, -0.15) is 0 Å². The van der Waals surface area contributed by atoms with Gasteiger partial charge in [0.1, 0.15) is 11.9 Å². The van der Waals surface area contributed by atoms with E-state index < -0.39 is 0 Å². The second-order valence-corrected chi connectivity index (χ2v) is 7.28. The molecule has 0 aromatic carbocycles. The van der Waals surface area contributed by atoms with Crippen LogP contribution in [0.25, 0.3) is 0 Å². The van der Waals surface area contributed by atoms with Gasteiger partial charge in [0.2, 0.25) is 11.8 Å². The molecular weight excluding hydrogens is 316 g/mol. The number of aromatic nitrogens is 1. The first-order valence-corrected chi connectivity index (χ1v) is 9.38. The highest BCUT2D eigenvalue weighted by Gasteiger charge is 2.35. The van der Waals surface area contributed by atoms with Crippen LogP contribution in [0.3, 0.4) is 0 Å². The fourth-order valence-electron chi connectivity index (χ4n) is 3.64. The minimum Gasteiger partial charge on any atom is -0.370 e. The van der Waals surface area contributed by atoms with Crippen LogP contribution in [-0.4, -0.2) is 47.4 Å². The molecule has 2 saturated heterocycles. The molecule has 1 aromatic rings. The van der Waals surface area contributed by atoms with Crippen molar-refractivity contribution in [2.45, 2.75) is 52.0 Å². The molecule has 1 aromatic heterocycles. The Labute approximate surface area is 149 Å². The number of anilines is 2. The lowest BCUT2D eigenvalue weighted by molar-refractivity contribution is -0.139. The van der Waals surface area contributed by atoms with Gasteiger partial charge in [-0.25, -0.2) is 4.98 Å². The van der Waals surface area contributed by atoms with Crippen LogP contribution in [0.2, 0.25) is 0 Å². The van der Waals surface area contributed by atoms with Crippen molar-refractivity contribution in [3.63, 3.8) is 0 Å². The van der Waals surface area contributed by atoms with E-state index in [1.54, 1.807) is 4.90 Å². The summed E-state index contributed by atoms with van der Waals surface area (Å²) in [7, 11) is 0. The Bertz CT molecular complexity index is 608. The number of rotatable bonds is 4. The van der Waals surface area contributed by atoms with E-state index in [4.69, 9.17) is 0 Å². The van der Waals surface area contributed by atoms with Crippen molar-refractivity contribution >= 4 is 23.3 Å². The molecule has 6 heteroatoms. The van der Waals surface area contributed by atoms with E-state index >= 15 is 0 Å². The van der Waals surface area contributed by atoms with Gasteiger partial charge in [-0.1, -0.05) is 13.8 Å². The molecule has 2 aliphatic rings. The molecule has 0 bridgehead atoms. The standard InChI is InChI=1S/C19H28N4O2/c1-14(2)19(25)23-12-6-7-16(23)18(24)21-17-9-8-15(13-20-17)22-10-4-3-5-11-22/h8-9,13-14,16H,3-7,10-12H2,1-2H3,(H,20,21,24)/t16-/m0/s1. The Hall–Kier alpha value is -2.11. The minimum atomic E-state index is -0.376. The average Bonchev–Trinajstić information content (AvgIpc) is 3.12. The maximum atomic E-state index is 12.6. The SMILES string of the molecule is CC(C)C(=O)N1CCC[C@H]1C(=O)Nc1ccc(N2CCCCC2)cn1. The maximum Gasteiger partial charge on any atom is 0.248 e. The molecule has 6 nitrogen and oxygen atoms in total. The van der Waals surface area contributed by atoms with E-state index in [1.165, 1.54) is 19.3 Å². The first-order valence-electron chi connectivity index (χ1n) is 9.38. The summed E-state index contributed by atoms with van der Waals surface area (Å²) in [5, 5.41) is 2.88. The minimum absolute atomic E-state index is 0.0473. The van der Waals surface area contributed by atoms with Crippen molar-refractivity contribution in [3.05, 3.63) is 18.3 Å². The zero-order valence-electron chi connectivity index (χ0n) is 15.2. The highest BCUT2D eigenvalue weighted by molar-refractivity contribution is 5.97. The van der Waals surface area contributed by atoms with E-state index in [2.05, 4.69) is 15.2 Å². The third kappa shape index (κ3) is 4.11. The number of pyridine rings is 1. The van der Waals surface area contributed by atoms with Crippen LogP contribution in [0.15, 0.2) is 18.3 Å². The molecular formula is C19H28N4O2. The van der Waals surface area contributed by atoms with E-state index in [-0.39, 0.29) is 23.8 Å². The number of carbonyl (C=O) groups excluding carboxylic acids is 2. The topological polar surface area (TPSA) is 65.5 Å². The van der Waals surface area contributed by atoms with Crippen molar-refractivity contribution < 1.29 is 9.59 Å². The van der Waals surface area contributed by atoms with Crippen molar-refractivity contribution in [1.29, 1.82) is 0 Å². The number of amides is 2. The largest absolute Gasteiger partial charge is 0.370 e. The summed E-state index contributed by atoms with van der Waals surface area (Å²) in [6.07, 6.45) is 7.16. The van der Waals surface area contributed by atoms with Crippen molar-refractivity contribution in [2.75, 3.05) is 29.9 Å². The summed E-state index contributed by atoms with van der Waals surface area (Å²) < 4.78 is 0. The molecule has 0 radical (unpaired) electrons. The summed E-state index contributed by atoms with van der Waals surface area (Å²) >= 11 is 0. The van der Waals surface area contributed by atoms with Crippen molar-refractivity contribution in [2.24, 2.45) is 5.92 Å². The van der Waals surface area contributed by atoms with Crippen LogP contribution in [0.1, 0.15) is 46.0 Å². The van der Waals surface area contributed by atoms with Gasteiger partial charge in [0.25, 0.3) is 0 Å². The first-order chi connectivity index (χ1) is 12.1. The number of hydrogen-bond acceptors (Lipinski definition) is 4. The lowest BCUT2D eigenvalue weighted by Gasteiger charge is -2.28. The van der Waals surface area contributed by atoms with Crippen LogP contribution in [0, 0.1) is 5.92 Å². The normalized spacial score (nSPS) is 20.8.